The average Bonchev–Trinajstić information content (AvgIpc) is 3.29. The molecule has 1 fully saturated rings. The first kappa shape index (κ1) is 29.5. The van der Waals surface area contributed by atoms with Crippen LogP contribution in [-0.4, -0.2) is 100 Å². The molecule has 2 N–H and O–H groups in total. The van der Waals surface area contributed by atoms with E-state index in [1.807, 2.05) is 39.0 Å². The first-order valence-corrected chi connectivity index (χ1v) is 14.8. The summed E-state index contributed by atoms with van der Waals surface area (Å²) in [6.07, 6.45) is 0.832. The van der Waals surface area contributed by atoms with Crippen molar-refractivity contribution >= 4 is 22.3 Å². The summed E-state index contributed by atoms with van der Waals surface area (Å²) < 4.78 is 17.1. The molecule has 0 saturated carbocycles. The van der Waals surface area contributed by atoms with Crippen molar-refractivity contribution < 1.29 is 14.8 Å². The van der Waals surface area contributed by atoms with Crippen LogP contribution in [0, 0.1) is 13.8 Å². The zero-order valence-corrected chi connectivity index (χ0v) is 24.1. The molecule has 1 aliphatic rings. The molecule has 12 heteroatoms. The van der Waals surface area contributed by atoms with Gasteiger partial charge in [-0.25, -0.2) is 9.78 Å². The maximum Gasteiger partial charge on any atom is 0.332 e. The maximum absolute atomic E-state index is 12.9. The average molecular weight is 561 g/mol. The van der Waals surface area contributed by atoms with Gasteiger partial charge < -0.3 is 19.3 Å². The van der Waals surface area contributed by atoms with Gasteiger partial charge in [-0.1, -0.05) is 25.1 Å². The monoisotopic (exact) mass is 560 g/mol. The van der Waals surface area contributed by atoms with E-state index >= 15 is 0 Å². The summed E-state index contributed by atoms with van der Waals surface area (Å²) in [4.78, 5) is 34.8. The highest BCUT2D eigenvalue weighted by Crippen LogP contribution is 2.22. The van der Waals surface area contributed by atoms with Crippen molar-refractivity contribution in [3.05, 3.63) is 56.5 Å². The van der Waals surface area contributed by atoms with Crippen molar-refractivity contribution in [2.24, 2.45) is 7.05 Å². The first-order chi connectivity index (χ1) is 18.6. The van der Waals surface area contributed by atoms with Crippen LogP contribution >= 0.6 is 0 Å². The van der Waals surface area contributed by atoms with Crippen LogP contribution in [0.1, 0.15) is 24.5 Å². The third-order valence-electron chi connectivity index (χ3n) is 7.34. The van der Waals surface area contributed by atoms with Gasteiger partial charge in [0.2, 0.25) is 0 Å². The van der Waals surface area contributed by atoms with Crippen molar-refractivity contribution in [3.8, 4) is 0 Å². The van der Waals surface area contributed by atoms with Gasteiger partial charge in [0.15, 0.2) is 16.1 Å². The van der Waals surface area contributed by atoms with Crippen LogP contribution in [0.5, 0.6) is 0 Å². The van der Waals surface area contributed by atoms with Crippen LogP contribution < -0.4 is 11.2 Å². The van der Waals surface area contributed by atoms with E-state index in [-0.39, 0.29) is 18.0 Å². The van der Waals surface area contributed by atoms with Crippen molar-refractivity contribution in [1.29, 1.82) is 0 Å². The summed E-state index contributed by atoms with van der Waals surface area (Å²) in [5.41, 5.74) is 1.82. The topological polar surface area (TPSA) is 132 Å². The fourth-order valence-electron chi connectivity index (χ4n) is 5.37. The highest BCUT2D eigenvalue weighted by molar-refractivity contribution is 7.91. The van der Waals surface area contributed by atoms with E-state index in [4.69, 9.17) is 0 Å². The predicted molar refractivity (Wildman–Crippen MR) is 152 cm³/mol. The number of piperazine rings is 1. The smallest absolute Gasteiger partial charge is 0.332 e. The van der Waals surface area contributed by atoms with Crippen LogP contribution in [0.3, 0.4) is 0 Å². The maximum atomic E-state index is 12.9. The summed E-state index contributed by atoms with van der Waals surface area (Å²) >= 11 is -1.26. The number of rotatable bonds is 11. The summed E-state index contributed by atoms with van der Waals surface area (Å²) in [6, 6.07) is 5.84. The second-order valence-corrected chi connectivity index (χ2v) is 11.9. The molecule has 11 nitrogen and oxygen atoms in total. The fourth-order valence-corrected chi connectivity index (χ4v) is 6.85. The van der Waals surface area contributed by atoms with Gasteiger partial charge >= 0.3 is 5.69 Å². The van der Waals surface area contributed by atoms with E-state index in [1.54, 1.807) is 4.57 Å². The minimum absolute atomic E-state index is 0.194. The summed E-state index contributed by atoms with van der Waals surface area (Å²) in [5.74, 6) is 0.203. The molecule has 0 spiro atoms. The molecule has 3 heterocycles. The number of imidazole rings is 1. The van der Waals surface area contributed by atoms with Crippen molar-refractivity contribution in [2.75, 3.05) is 45.0 Å². The van der Waals surface area contributed by atoms with Crippen LogP contribution in [0.15, 0.2) is 39.0 Å². The number of nitrogens with zero attached hydrogens (tertiary/aromatic N) is 6. The third-order valence-corrected chi connectivity index (χ3v) is 9.12. The lowest BCUT2D eigenvalue weighted by Crippen LogP contribution is -2.51. The quantitative estimate of drug-likeness (QED) is 0.315. The number of aliphatic hydroxyl groups excluding tert-OH is 2. The minimum Gasteiger partial charge on any atom is -0.611 e. The van der Waals surface area contributed by atoms with Crippen LogP contribution in [0.4, 0.5) is 0 Å². The Balaban J connectivity index is 1.29. The number of benzene rings is 1. The van der Waals surface area contributed by atoms with Gasteiger partial charge in [-0.05, 0) is 31.4 Å². The van der Waals surface area contributed by atoms with Gasteiger partial charge in [-0.3, -0.25) is 23.7 Å². The minimum atomic E-state index is -1.26. The Labute approximate surface area is 231 Å². The number of hydrogen-bond donors (Lipinski definition) is 2. The van der Waals surface area contributed by atoms with Gasteiger partial charge in [-0.2, -0.15) is 0 Å². The molecule has 0 radical (unpaired) electrons. The number of aryl methyl sites for hydroxylation is 3. The van der Waals surface area contributed by atoms with Crippen LogP contribution in [0.25, 0.3) is 11.2 Å². The molecule has 1 aliphatic heterocycles. The molecule has 1 saturated heterocycles. The molecule has 4 rings (SSSR count). The fraction of sp³-hybridized carbons (Fsp3) is 0.593. The van der Waals surface area contributed by atoms with Gasteiger partial charge in [0.1, 0.15) is 11.9 Å². The molecular weight excluding hydrogens is 520 g/mol. The van der Waals surface area contributed by atoms with Gasteiger partial charge in [-0.15, -0.1) is 0 Å². The Hall–Kier alpha value is -2.48. The third kappa shape index (κ3) is 6.64. The number of aromatic nitrogens is 4. The van der Waals surface area contributed by atoms with E-state index < -0.39 is 28.9 Å². The second-order valence-electron chi connectivity index (χ2n) is 10.5. The zero-order valence-electron chi connectivity index (χ0n) is 23.2. The van der Waals surface area contributed by atoms with Crippen LogP contribution in [0.2, 0.25) is 0 Å². The summed E-state index contributed by atoms with van der Waals surface area (Å²) in [6.45, 7) is 10.3. The molecule has 214 valence electrons. The lowest BCUT2D eigenvalue weighted by atomic mass is 10.2. The van der Waals surface area contributed by atoms with Gasteiger partial charge in [0.05, 0.1) is 19.0 Å². The SMILES string of the molecule is CCCn1c(=O)n(C)c(=O)c2c1ncn2CC(O)CN1CCN(CC(O)C[S+]([O-])c2c(C)cccc2C)CC1. The predicted octanol–water partition coefficient (Wildman–Crippen LogP) is 0.0707. The molecule has 0 bridgehead atoms. The van der Waals surface area contributed by atoms with E-state index in [9.17, 15) is 24.4 Å². The molecule has 3 unspecified atom stereocenters. The number of β-amino-alcohol motifs (C(OH)–C–C–N with tert-alkyl or cyclic N) is 2. The standard InChI is InChI=1S/C27H40N6O5S/c1-5-9-33-25-23(26(36)29(4)27(33)37)32(18-28-25)16-21(34)14-30-10-12-31(13-11-30)15-22(35)17-39(38)24-19(2)7-6-8-20(24)3/h6-8,18,21-22,34-35H,5,9-17H2,1-4H3. The van der Waals surface area contributed by atoms with E-state index in [2.05, 4.69) is 14.8 Å². The number of fused-ring (bicyclic) bond motifs is 1. The Kier molecular flexibility index (Phi) is 9.68. The number of aliphatic hydroxyl groups is 2. The Morgan fingerprint density at radius 3 is 2.18 bits per heavy atom. The molecule has 0 amide bonds. The molecule has 1 aromatic carbocycles. The normalized spacial score (nSPS) is 17.5. The Morgan fingerprint density at radius 2 is 1.59 bits per heavy atom. The van der Waals surface area contributed by atoms with Crippen molar-refractivity contribution in [1.82, 2.24) is 28.5 Å². The molecule has 3 aromatic rings. The van der Waals surface area contributed by atoms with Gasteiger partial charge in [0, 0.05) is 64.0 Å². The molecule has 2 aromatic heterocycles. The van der Waals surface area contributed by atoms with E-state index in [1.165, 1.54) is 17.9 Å². The number of hydrogen-bond acceptors (Lipinski definition) is 8. The molecular formula is C27H40N6O5S. The van der Waals surface area contributed by atoms with Crippen LogP contribution in [-0.2, 0) is 31.3 Å². The second kappa shape index (κ2) is 12.8. The largest absolute Gasteiger partial charge is 0.611 e. The van der Waals surface area contributed by atoms with Crippen molar-refractivity contribution in [3.63, 3.8) is 0 Å². The molecule has 0 aliphatic carbocycles. The summed E-state index contributed by atoms with van der Waals surface area (Å²) in [7, 11) is 1.46. The zero-order chi connectivity index (χ0) is 28.3. The lowest BCUT2D eigenvalue weighted by Gasteiger charge is -2.36. The Bertz CT molecular complexity index is 1370. The van der Waals surface area contributed by atoms with E-state index in [0.29, 0.717) is 30.8 Å². The first-order valence-electron chi connectivity index (χ1n) is 13.5. The van der Waals surface area contributed by atoms with Gasteiger partial charge in [0.25, 0.3) is 5.56 Å². The van der Waals surface area contributed by atoms with Crippen molar-refractivity contribution in [2.45, 2.75) is 57.4 Å². The highest BCUT2D eigenvalue weighted by atomic mass is 32.2. The molecule has 3 atom stereocenters. The lowest BCUT2D eigenvalue weighted by molar-refractivity contribution is 0.0486. The Morgan fingerprint density at radius 1 is 1.00 bits per heavy atom. The molecule has 39 heavy (non-hydrogen) atoms. The van der Waals surface area contributed by atoms with E-state index in [0.717, 1.165) is 53.2 Å². The highest BCUT2D eigenvalue weighted by Gasteiger charge is 2.26. The summed E-state index contributed by atoms with van der Waals surface area (Å²) in [5, 5.41) is 21.5.